The van der Waals surface area contributed by atoms with Crippen LogP contribution in [0.3, 0.4) is 0 Å². The molecule has 1 atom stereocenters. The maximum atomic E-state index is 5.72. The van der Waals surface area contributed by atoms with Gasteiger partial charge in [0.2, 0.25) is 5.28 Å². The van der Waals surface area contributed by atoms with Gasteiger partial charge in [-0.3, -0.25) is 4.90 Å². The first-order valence-electron chi connectivity index (χ1n) is 4.94. The molecule has 0 amide bonds. The van der Waals surface area contributed by atoms with E-state index in [9.17, 15) is 0 Å². The van der Waals surface area contributed by atoms with Gasteiger partial charge in [-0.2, -0.15) is 0 Å². The molecule has 1 unspecified atom stereocenters. The van der Waals surface area contributed by atoms with E-state index >= 15 is 0 Å². The quantitative estimate of drug-likeness (QED) is 0.701. The number of likely N-dealkylation sites (tertiary alicyclic amines) is 1. The Morgan fingerprint density at radius 1 is 1.64 bits per heavy atom. The van der Waals surface area contributed by atoms with Gasteiger partial charge in [-0.25, -0.2) is 9.97 Å². The second-order valence-corrected chi connectivity index (χ2v) is 4.28. The van der Waals surface area contributed by atoms with Gasteiger partial charge in [-0.05, 0) is 36.6 Å². The van der Waals surface area contributed by atoms with Gasteiger partial charge < -0.3 is 0 Å². The Labute approximate surface area is 89.1 Å². The monoisotopic (exact) mass is 211 g/mol. The van der Waals surface area contributed by atoms with Crippen molar-refractivity contribution in [1.29, 1.82) is 0 Å². The molecule has 4 heteroatoms. The predicted octanol–water partition coefficient (Wildman–Crippen LogP) is 1.97. The van der Waals surface area contributed by atoms with Gasteiger partial charge in [0.15, 0.2) is 0 Å². The molecular weight excluding hydrogens is 198 g/mol. The van der Waals surface area contributed by atoms with E-state index in [1.54, 1.807) is 6.20 Å². The van der Waals surface area contributed by atoms with Crippen LogP contribution in [0.2, 0.25) is 5.28 Å². The predicted molar refractivity (Wildman–Crippen MR) is 56.1 cm³/mol. The third kappa shape index (κ3) is 2.42. The number of rotatable bonds is 2. The number of aromatic nitrogens is 2. The molecule has 1 aromatic heterocycles. The lowest BCUT2D eigenvalue weighted by Crippen LogP contribution is -2.20. The fourth-order valence-corrected chi connectivity index (χ4v) is 2.02. The minimum Gasteiger partial charge on any atom is -0.297 e. The Balaban J connectivity index is 1.97. The Morgan fingerprint density at radius 3 is 3.14 bits per heavy atom. The van der Waals surface area contributed by atoms with Crippen molar-refractivity contribution in [2.75, 3.05) is 13.1 Å². The average molecular weight is 212 g/mol. The molecule has 1 aromatic rings. The first kappa shape index (κ1) is 9.87. The first-order valence-corrected chi connectivity index (χ1v) is 5.31. The molecule has 76 valence electrons. The van der Waals surface area contributed by atoms with Crippen molar-refractivity contribution in [3.63, 3.8) is 0 Å². The van der Waals surface area contributed by atoms with E-state index < -0.39 is 0 Å². The summed E-state index contributed by atoms with van der Waals surface area (Å²) in [5.74, 6) is 0.812. The van der Waals surface area contributed by atoms with Crippen LogP contribution >= 0.6 is 11.6 Å². The highest BCUT2D eigenvalue weighted by Crippen LogP contribution is 2.17. The lowest BCUT2D eigenvalue weighted by molar-refractivity contribution is 0.316. The summed E-state index contributed by atoms with van der Waals surface area (Å²) in [6, 6.07) is 1.93. The van der Waals surface area contributed by atoms with Gasteiger partial charge in [0, 0.05) is 19.3 Å². The largest absolute Gasteiger partial charge is 0.297 e. The molecule has 0 saturated carbocycles. The average Bonchev–Trinajstić information content (AvgIpc) is 2.51. The molecule has 0 bridgehead atoms. The molecule has 1 aliphatic heterocycles. The highest BCUT2D eigenvalue weighted by Gasteiger charge is 2.18. The number of hydrogen-bond acceptors (Lipinski definition) is 3. The molecular formula is C10H14ClN3. The molecule has 0 N–H and O–H groups in total. The molecule has 0 aromatic carbocycles. The SMILES string of the molecule is CC1CCN(Cc2ccnc(Cl)n2)C1. The van der Waals surface area contributed by atoms with Gasteiger partial charge in [0.25, 0.3) is 0 Å². The summed E-state index contributed by atoms with van der Waals surface area (Å²) < 4.78 is 0. The fraction of sp³-hybridized carbons (Fsp3) is 0.600. The molecule has 1 aliphatic rings. The van der Waals surface area contributed by atoms with E-state index in [0.29, 0.717) is 5.28 Å². The smallest absolute Gasteiger partial charge is 0.222 e. The van der Waals surface area contributed by atoms with Gasteiger partial charge in [-0.1, -0.05) is 6.92 Å². The molecule has 0 aliphatic carbocycles. The standard InChI is InChI=1S/C10H14ClN3/c1-8-3-5-14(6-8)7-9-2-4-12-10(11)13-9/h2,4,8H,3,5-7H2,1H3. The molecule has 2 heterocycles. The maximum Gasteiger partial charge on any atom is 0.222 e. The van der Waals surface area contributed by atoms with Crippen LogP contribution in [0.15, 0.2) is 12.3 Å². The van der Waals surface area contributed by atoms with Crippen LogP contribution in [-0.4, -0.2) is 28.0 Å². The second kappa shape index (κ2) is 4.24. The van der Waals surface area contributed by atoms with Crippen molar-refractivity contribution in [1.82, 2.24) is 14.9 Å². The third-order valence-electron chi connectivity index (χ3n) is 2.58. The normalized spacial score (nSPS) is 22.9. The van der Waals surface area contributed by atoms with Crippen molar-refractivity contribution >= 4 is 11.6 Å². The van der Waals surface area contributed by atoms with E-state index in [2.05, 4.69) is 21.8 Å². The number of halogens is 1. The van der Waals surface area contributed by atoms with Gasteiger partial charge in [0.05, 0.1) is 5.69 Å². The number of nitrogens with zero attached hydrogens (tertiary/aromatic N) is 3. The lowest BCUT2D eigenvalue weighted by Gasteiger charge is -2.14. The third-order valence-corrected chi connectivity index (χ3v) is 2.76. The highest BCUT2D eigenvalue weighted by molar-refractivity contribution is 6.28. The van der Waals surface area contributed by atoms with E-state index in [1.807, 2.05) is 6.07 Å². The maximum absolute atomic E-state index is 5.72. The second-order valence-electron chi connectivity index (χ2n) is 3.95. The van der Waals surface area contributed by atoms with Gasteiger partial charge >= 0.3 is 0 Å². The Bertz CT molecular complexity index is 316. The topological polar surface area (TPSA) is 29.0 Å². The molecule has 1 fully saturated rings. The summed E-state index contributed by atoms with van der Waals surface area (Å²) in [5, 5.41) is 0.342. The van der Waals surface area contributed by atoms with Gasteiger partial charge in [0.1, 0.15) is 0 Å². The fourth-order valence-electron chi connectivity index (χ4n) is 1.86. The van der Waals surface area contributed by atoms with Gasteiger partial charge in [-0.15, -0.1) is 0 Å². The van der Waals surface area contributed by atoms with Crippen LogP contribution in [0, 0.1) is 5.92 Å². The van der Waals surface area contributed by atoms with Crippen molar-refractivity contribution in [2.45, 2.75) is 19.9 Å². The minimum atomic E-state index is 0.342. The summed E-state index contributed by atoms with van der Waals surface area (Å²) in [4.78, 5) is 10.4. The zero-order valence-corrected chi connectivity index (χ0v) is 9.04. The van der Waals surface area contributed by atoms with E-state index in [1.165, 1.54) is 19.5 Å². The number of hydrogen-bond donors (Lipinski definition) is 0. The molecule has 14 heavy (non-hydrogen) atoms. The zero-order chi connectivity index (χ0) is 9.97. The van der Waals surface area contributed by atoms with E-state index in [4.69, 9.17) is 11.6 Å². The van der Waals surface area contributed by atoms with Crippen molar-refractivity contribution in [2.24, 2.45) is 5.92 Å². The Hall–Kier alpha value is -0.670. The molecule has 1 saturated heterocycles. The van der Waals surface area contributed by atoms with E-state index in [-0.39, 0.29) is 0 Å². The molecule has 0 radical (unpaired) electrons. The Kier molecular flexibility index (Phi) is 2.99. The van der Waals surface area contributed by atoms with Crippen molar-refractivity contribution in [3.8, 4) is 0 Å². The highest BCUT2D eigenvalue weighted by atomic mass is 35.5. The zero-order valence-electron chi connectivity index (χ0n) is 8.28. The summed E-state index contributed by atoms with van der Waals surface area (Å²) in [7, 11) is 0. The Morgan fingerprint density at radius 2 is 2.50 bits per heavy atom. The van der Waals surface area contributed by atoms with Crippen LogP contribution in [0.25, 0.3) is 0 Å². The summed E-state index contributed by atoms with van der Waals surface area (Å²) in [6.07, 6.45) is 3.00. The van der Waals surface area contributed by atoms with Crippen LogP contribution in [-0.2, 0) is 6.54 Å². The summed E-state index contributed by atoms with van der Waals surface area (Å²) >= 11 is 5.72. The summed E-state index contributed by atoms with van der Waals surface area (Å²) in [6.45, 7) is 5.52. The van der Waals surface area contributed by atoms with Crippen LogP contribution in [0.5, 0.6) is 0 Å². The van der Waals surface area contributed by atoms with Crippen LogP contribution < -0.4 is 0 Å². The molecule has 3 nitrogen and oxygen atoms in total. The van der Waals surface area contributed by atoms with Crippen LogP contribution in [0.4, 0.5) is 0 Å². The van der Waals surface area contributed by atoms with E-state index in [0.717, 1.165) is 18.2 Å². The minimum absolute atomic E-state index is 0.342. The molecule has 2 rings (SSSR count). The van der Waals surface area contributed by atoms with Crippen molar-refractivity contribution in [3.05, 3.63) is 23.2 Å². The molecule has 0 spiro atoms. The van der Waals surface area contributed by atoms with Crippen LogP contribution in [0.1, 0.15) is 19.0 Å². The van der Waals surface area contributed by atoms with Crippen molar-refractivity contribution < 1.29 is 0 Å². The summed E-state index contributed by atoms with van der Waals surface area (Å²) in [5.41, 5.74) is 1.01. The lowest BCUT2D eigenvalue weighted by atomic mass is 10.2. The first-order chi connectivity index (χ1) is 6.74.